The van der Waals surface area contributed by atoms with Gasteiger partial charge in [-0.05, 0) is 44.2 Å². The number of imidazole rings is 1. The molecule has 0 amide bonds. The fourth-order valence-electron chi connectivity index (χ4n) is 4.69. The second-order valence-corrected chi connectivity index (χ2v) is 9.08. The zero-order valence-electron chi connectivity index (χ0n) is 20.8. The van der Waals surface area contributed by atoms with Gasteiger partial charge in [0.05, 0.1) is 11.7 Å². The van der Waals surface area contributed by atoms with E-state index in [9.17, 15) is 8.78 Å². The predicted octanol–water partition coefficient (Wildman–Crippen LogP) is 4.21. The fraction of sp³-hybridized carbons (Fsp3) is 0.385. The zero-order valence-corrected chi connectivity index (χ0v) is 20.8. The van der Waals surface area contributed by atoms with Gasteiger partial charge in [0, 0.05) is 50.4 Å². The molecule has 2 N–H and O–H groups in total. The van der Waals surface area contributed by atoms with Crippen molar-refractivity contribution in [2.75, 3.05) is 32.0 Å². The average Bonchev–Trinajstić information content (AvgIpc) is 3.19. The molecule has 0 atom stereocenters. The summed E-state index contributed by atoms with van der Waals surface area (Å²) in [7, 11) is 1.96. The lowest BCUT2D eigenvalue weighted by Crippen LogP contribution is -2.35. The van der Waals surface area contributed by atoms with E-state index in [2.05, 4.69) is 36.6 Å². The zero-order chi connectivity index (χ0) is 25.2. The van der Waals surface area contributed by atoms with Crippen molar-refractivity contribution in [3.05, 3.63) is 59.2 Å². The Morgan fingerprint density at radius 3 is 2.72 bits per heavy atom. The number of nitrogens with zero attached hydrogens (tertiary/aromatic N) is 6. The maximum Gasteiger partial charge on any atom is 0.229 e. The van der Waals surface area contributed by atoms with E-state index >= 15 is 0 Å². The van der Waals surface area contributed by atoms with E-state index in [0.29, 0.717) is 23.4 Å². The van der Waals surface area contributed by atoms with E-state index in [4.69, 9.17) is 4.98 Å². The van der Waals surface area contributed by atoms with Crippen LogP contribution in [-0.4, -0.2) is 56.1 Å². The molecule has 0 fully saturated rings. The Kier molecular flexibility index (Phi) is 6.88. The number of aromatic nitrogens is 5. The van der Waals surface area contributed by atoms with Crippen molar-refractivity contribution in [3.8, 4) is 11.3 Å². The van der Waals surface area contributed by atoms with Crippen molar-refractivity contribution >= 4 is 22.8 Å². The van der Waals surface area contributed by atoms with Crippen LogP contribution in [-0.2, 0) is 19.5 Å². The smallest absolute Gasteiger partial charge is 0.229 e. The number of rotatable bonds is 8. The second kappa shape index (κ2) is 10.2. The molecule has 36 heavy (non-hydrogen) atoms. The van der Waals surface area contributed by atoms with Gasteiger partial charge in [0.15, 0.2) is 11.6 Å². The van der Waals surface area contributed by atoms with Gasteiger partial charge in [0.2, 0.25) is 5.95 Å². The van der Waals surface area contributed by atoms with E-state index in [1.165, 1.54) is 11.6 Å². The topological polar surface area (TPSA) is 83.8 Å². The average molecular weight is 493 g/mol. The molecule has 5 rings (SSSR count). The Morgan fingerprint density at radius 2 is 1.92 bits per heavy atom. The van der Waals surface area contributed by atoms with E-state index in [1.54, 1.807) is 6.07 Å². The lowest BCUT2D eigenvalue weighted by molar-refractivity contribution is 0.254. The summed E-state index contributed by atoms with van der Waals surface area (Å²) < 4.78 is 31.7. The molecule has 4 heterocycles. The third-order valence-electron chi connectivity index (χ3n) is 6.51. The number of nitrogens with one attached hydrogen (secondary N) is 2. The van der Waals surface area contributed by atoms with E-state index in [-0.39, 0.29) is 17.2 Å². The van der Waals surface area contributed by atoms with Crippen molar-refractivity contribution < 1.29 is 8.78 Å². The molecule has 4 aromatic rings. The summed E-state index contributed by atoms with van der Waals surface area (Å²) in [6.07, 6.45) is 2.82. The quantitative estimate of drug-likeness (QED) is 0.381. The summed E-state index contributed by atoms with van der Waals surface area (Å²) in [5.41, 5.74) is 3.49. The summed E-state index contributed by atoms with van der Waals surface area (Å²) in [5, 5.41) is 6.27. The molecule has 1 aliphatic heterocycles. The lowest BCUT2D eigenvalue weighted by Gasteiger charge is -2.28. The molecule has 0 bridgehead atoms. The lowest BCUT2D eigenvalue weighted by atomic mass is 10.1. The normalized spacial score (nSPS) is 13.8. The fourth-order valence-corrected chi connectivity index (χ4v) is 4.69. The molecule has 0 spiro atoms. The summed E-state index contributed by atoms with van der Waals surface area (Å²) in [6, 6.07) is 6.95. The molecular formula is C26H30F2N8. The number of fused-ring (bicyclic) bond motifs is 2. The number of likely N-dealkylation sites (N-methyl/N-ethyl adjacent to an activating group) is 1. The highest BCUT2D eigenvalue weighted by Gasteiger charge is 2.19. The van der Waals surface area contributed by atoms with Crippen LogP contribution in [0.5, 0.6) is 0 Å². The molecule has 0 saturated heterocycles. The molecule has 3 aromatic heterocycles. The highest BCUT2D eigenvalue weighted by molar-refractivity contribution is 5.83. The highest BCUT2D eigenvalue weighted by Crippen LogP contribution is 2.29. The molecule has 1 aromatic carbocycles. The van der Waals surface area contributed by atoms with Crippen LogP contribution in [0.15, 0.2) is 30.5 Å². The Bertz CT molecular complexity index is 1400. The number of pyridine rings is 1. The first-order chi connectivity index (χ1) is 17.5. The van der Waals surface area contributed by atoms with Crippen LogP contribution in [0.25, 0.3) is 22.3 Å². The third-order valence-corrected chi connectivity index (χ3v) is 6.51. The number of anilines is 2. The monoisotopic (exact) mass is 492 g/mol. The number of benzene rings is 1. The van der Waals surface area contributed by atoms with Gasteiger partial charge in [-0.3, -0.25) is 4.90 Å². The molecular weight excluding hydrogens is 462 g/mol. The number of hydrogen-bond acceptors (Lipinski definition) is 7. The highest BCUT2D eigenvalue weighted by atomic mass is 19.1. The molecule has 0 radical (unpaired) electrons. The Labute approximate surface area is 208 Å². The van der Waals surface area contributed by atoms with Gasteiger partial charge in [-0.15, -0.1) is 0 Å². The summed E-state index contributed by atoms with van der Waals surface area (Å²) >= 11 is 0. The van der Waals surface area contributed by atoms with Crippen LogP contribution in [0, 0.1) is 18.6 Å². The molecule has 0 unspecified atom stereocenters. The van der Waals surface area contributed by atoms with E-state index in [1.807, 2.05) is 31.5 Å². The number of halogens is 2. The second-order valence-electron chi connectivity index (χ2n) is 9.08. The first-order valence-corrected chi connectivity index (χ1v) is 12.3. The SMILES string of the molecule is CCCn1c(C)nc2c(F)cc(-c3nc(Nc4ccc5c(n4)CCN(CCNC)C5)ncc3F)cc21. The first kappa shape index (κ1) is 24.2. The number of hydrogen-bond donors (Lipinski definition) is 2. The minimum Gasteiger partial charge on any atom is -0.328 e. The molecule has 1 aliphatic rings. The predicted molar refractivity (Wildman–Crippen MR) is 136 cm³/mol. The molecule has 188 valence electrons. The van der Waals surface area contributed by atoms with Crippen LogP contribution >= 0.6 is 0 Å². The maximum absolute atomic E-state index is 14.9. The van der Waals surface area contributed by atoms with Gasteiger partial charge < -0.3 is 15.2 Å². The van der Waals surface area contributed by atoms with Crippen molar-refractivity contribution in [2.24, 2.45) is 0 Å². The summed E-state index contributed by atoms with van der Waals surface area (Å²) in [4.78, 5) is 20.0. The third kappa shape index (κ3) is 4.78. The first-order valence-electron chi connectivity index (χ1n) is 12.3. The van der Waals surface area contributed by atoms with Gasteiger partial charge in [-0.2, -0.15) is 0 Å². The Morgan fingerprint density at radius 1 is 1.06 bits per heavy atom. The van der Waals surface area contributed by atoms with Crippen molar-refractivity contribution in [1.29, 1.82) is 0 Å². The summed E-state index contributed by atoms with van der Waals surface area (Å²) in [5.74, 6) is 0.375. The van der Waals surface area contributed by atoms with Gasteiger partial charge in [-0.1, -0.05) is 13.0 Å². The van der Waals surface area contributed by atoms with Crippen LogP contribution in [0.2, 0.25) is 0 Å². The van der Waals surface area contributed by atoms with Gasteiger partial charge in [0.25, 0.3) is 0 Å². The number of aryl methyl sites for hydroxylation is 2. The minimum atomic E-state index is -0.627. The van der Waals surface area contributed by atoms with Gasteiger partial charge in [-0.25, -0.2) is 28.7 Å². The maximum atomic E-state index is 14.9. The molecule has 0 aliphatic carbocycles. The van der Waals surface area contributed by atoms with E-state index in [0.717, 1.165) is 56.7 Å². The van der Waals surface area contributed by atoms with Crippen molar-refractivity contribution in [1.82, 2.24) is 34.7 Å². The standard InChI is InChI=1S/C26H30F2N8/c1-4-9-36-16(2)31-25-19(27)12-18(13-22(25)36)24-20(28)14-30-26(34-24)33-23-6-5-17-15-35(11-8-29-3)10-7-21(17)32-23/h5-6,12-14,29H,4,7-11,15H2,1-3H3,(H,30,32,33,34). The van der Waals surface area contributed by atoms with Crippen LogP contribution < -0.4 is 10.6 Å². The van der Waals surface area contributed by atoms with Crippen molar-refractivity contribution in [3.63, 3.8) is 0 Å². The van der Waals surface area contributed by atoms with Crippen LogP contribution in [0.1, 0.15) is 30.4 Å². The van der Waals surface area contributed by atoms with E-state index < -0.39 is 11.6 Å². The minimum absolute atomic E-state index is 0.0216. The Hall–Kier alpha value is -3.50. The molecule has 0 saturated carbocycles. The summed E-state index contributed by atoms with van der Waals surface area (Å²) in [6.45, 7) is 8.34. The van der Waals surface area contributed by atoms with Crippen molar-refractivity contribution in [2.45, 2.75) is 39.8 Å². The van der Waals surface area contributed by atoms with Crippen LogP contribution in [0.3, 0.4) is 0 Å². The largest absolute Gasteiger partial charge is 0.328 e. The molecule has 8 nitrogen and oxygen atoms in total. The van der Waals surface area contributed by atoms with Gasteiger partial charge >= 0.3 is 0 Å². The Balaban J connectivity index is 1.42. The van der Waals surface area contributed by atoms with Crippen LogP contribution in [0.4, 0.5) is 20.5 Å². The molecule has 10 heteroatoms. The van der Waals surface area contributed by atoms with Gasteiger partial charge in [0.1, 0.15) is 22.9 Å².